The van der Waals surface area contributed by atoms with Crippen LogP contribution >= 0.6 is 0 Å². The summed E-state index contributed by atoms with van der Waals surface area (Å²) < 4.78 is 48.4. The number of rotatable bonds is 8. The quantitative estimate of drug-likeness (QED) is 0.345. The van der Waals surface area contributed by atoms with Crippen molar-refractivity contribution < 1.29 is 27.7 Å². The van der Waals surface area contributed by atoms with Crippen molar-refractivity contribution in [2.45, 2.75) is 26.4 Å². The van der Waals surface area contributed by atoms with E-state index in [4.69, 9.17) is 14.2 Å². The summed E-state index contributed by atoms with van der Waals surface area (Å²) in [5, 5.41) is 0.716. The van der Waals surface area contributed by atoms with Gasteiger partial charge in [0.1, 0.15) is 11.5 Å². The zero-order valence-electron chi connectivity index (χ0n) is 22.5. The molecule has 0 radical (unpaired) electrons. The van der Waals surface area contributed by atoms with Crippen LogP contribution in [0.1, 0.15) is 25.3 Å². The van der Waals surface area contributed by atoms with E-state index in [9.17, 15) is 13.6 Å². The number of pyridine rings is 2. The van der Waals surface area contributed by atoms with Gasteiger partial charge in [-0.2, -0.15) is 13.8 Å². The van der Waals surface area contributed by atoms with E-state index in [1.165, 1.54) is 16.7 Å². The standard InChI is InChI=1S/C31H29F2N3O5/c1-2-39-28-12-6-21-16-25(30(37)36(29(21)34-28)23-7-9-24(10-8-23)41-31(32)33)22-5-11-26(27-4-3-14-40-27)35(18-22)17-20-13-15-38-19-20/h3,5-12,14,16,18,20,31H,2,4,13,15,17,19H2,1H3. The lowest BCUT2D eigenvalue weighted by Gasteiger charge is -2.29. The van der Waals surface area contributed by atoms with Gasteiger partial charge in [0.25, 0.3) is 5.56 Å². The molecule has 0 amide bonds. The predicted molar refractivity (Wildman–Crippen MR) is 150 cm³/mol. The third-order valence-corrected chi connectivity index (χ3v) is 7.15. The van der Waals surface area contributed by atoms with Gasteiger partial charge in [-0.1, -0.05) is 6.08 Å². The summed E-state index contributed by atoms with van der Waals surface area (Å²) in [6.45, 7) is 1.47. The molecular weight excluding hydrogens is 532 g/mol. The smallest absolute Gasteiger partial charge is 0.387 e. The van der Waals surface area contributed by atoms with E-state index in [1.54, 1.807) is 24.5 Å². The molecule has 1 aromatic carbocycles. The molecule has 10 heteroatoms. The van der Waals surface area contributed by atoms with Gasteiger partial charge in [-0.25, -0.2) is 0 Å². The van der Waals surface area contributed by atoms with Crippen molar-refractivity contribution in [1.29, 1.82) is 0 Å². The lowest BCUT2D eigenvalue weighted by Crippen LogP contribution is -2.28. The minimum atomic E-state index is -2.95. The normalized spacial score (nSPS) is 20.1. The van der Waals surface area contributed by atoms with E-state index >= 15 is 0 Å². The Kier molecular flexibility index (Phi) is 7.56. The third kappa shape index (κ3) is 5.60. The van der Waals surface area contributed by atoms with Gasteiger partial charge in [-0.05, 0) is 61.9 Å². The van der Waals surface area contributed by atoms with Gasteiger partial charge >= 0.3 is 6.61 Å². The summed E-state index contributed by atoms with van der Waals surface area (Å²) >= 11 is 0. The van der Waals surface area contributed by atoms with Crippen LogP contribution in [-0.4, -0.2) is 47.4 Å². The average Bonchev–Trinajstić information content (AvgIpc) is 3.69. The second-order valence-corrected chi connectivity index (χ2v) is 9.87. The Morgan fingerprint density at radius 2 is 2.00 bits per heavy atom. The Bertz CT molecular complexity index is 1610. The number of nitrogens with zero attached hydrogens (tertiary/aromatic N) is 3. The summed E-state index contributed by atoms with van der Waals surface area (Å²) in [6, 6.07) is 11.4. The molecule has 1 unspecified atom stereocenters. The molecular formula is C31H29F2N3O5. The highest BCUT2D eigenvalue weighted by molar-refractivity contribution is 5.85. The number of aromatic nitrogens is 2. The maximum Gasteiger partial charge on any atom is 0.387 e. The first-order chi connectivity index (χ1) is 20.0. The van der Waals surface area contributed by atoms with Crippen LogP contribution in [0.25, 0.3) is 22.3 Å². The molecule has 1 saturated heterocycles. The molecule has 5 heterocycles. The molecule has 1 atom stereocenters. The molecule has 8 nitrogen and oxygen atoms in total. The molecule has 0 saturated carbocycles. The number of halogens is 2. The minimum absolute atomic E-state index is 0.00568. The second-order valence-electron chi connectivity index (χ2n) is 9.87. The van der Waals surface area contributed by atoms with Crippen LogP contribution in [0.5, 0.6) is 11.6 Å². The van der Waals surface area contributed by atoms with Crippen LogP contribution in [0.4, 0.5) is 8.78 Å². The van der Waals surface area contributed by atoms with Gasteiger partial charge in [-0.3, -0.25) is 9.36 Å². The van der Waals surface area contributed by atoms with Crippen LogP contribution in [0.2, 0.25) is 0 Å². The SMILES string of the molecule is CCOc1ccc2cc(C3=CN(CC4CCOC4)C(=C4CC=CO4)C=C3)c(=O)n(-c3ccc(OC(F)F)cc3)c2n1. The van der Waals surface area contributed by atoms with Crippen LogP contribution < -0.4 is 15.0 Å². The van der Waals surface area contributed by atoms with Crippen molar-refractivity contribution in [1.82, 2.24) is 14.5 Å². The molecule has 41 heavy (non-hydrogen) atoms. The van der Waals surface area contributed by atoms with Crippen molar-refractivity contribution in [2.75, 3.05) is 26.4 Å². The molecule has 0 spiro atoms. The topological polar surface area (TPSA) is 75.0 Å². The summed E-state index contributed by atoms with van der Waals surface area (Å²) in [4.78, 5) is 20.9. The number of hydrogen-bond donors (Lipinski definition) is 0. The molecule has 3 aliphatic heterocycles. The Hall–Kier alpha value is -4.44. The molecule has 0 N–H and O–H groups in total. The Morgan fingerprint density at radius 1 is 1.15 bits per heavy atom. The summed E-state index contributed by atoms with van der Waals surface area (Å²) in [5.41, 5.74) is 2.68. The maximum absolute atomic E-state index is 14.2. The molecule has 2 aromatic heterocycles. The largest absolute Gasteiger partial charge is 0.478 e. The number of alkyl halides is 2. The minimum Gasteiger partial charge on any atom is -0.478 e. The van der Waals surface area contributed by atoms with E-state index < -0.39 is 6.61 Å². The van der Waals surface area contributed by atoms with Crippen LogP contribution in [0, 0.1) is 5.92 Å². The number of allylic oxidation sites excluding steroid dienone is 4. The number of benzene rings is 1. The summed E-state index contributed by atoms with van der Waals surface area (Å²) in [6.07, 6.45) is 11.2. The first-order valence-corrected chi connectivity index (χ1v) is 13.5. The van der Waals surface area contributed by atoms with Gasteiger partial charge in [0.15, 0.2) is 5.65 Å². The Labute approximate surface area is 235 Å². The fourth-order valence-electron chi connectivity index (χ4n) is 5.23. The zero-order valence-corrected chi connectivity index (χ0v) is 22.5. The van der Waals surface area contributed by atoms with Gasteiger partial charge in [-0.15, -0.1) is 0 Å². The Balaban J connectivity index is 1.47. The fourth-order valence-corrected chi connectivity index (χ4v) is 5.23. The summed E-state index contributed by atoms with van der Waals surface area (Å²) in [5.74, 6) is 1.58. The van der Waals surface area contributed by atoms with E-state index in [0.29, 0.717) is 53.7 Å². The van der Waals surface area contributed by atoms with Crippen LogP contribution in [-0.2, 0) is 9.47 Å². The van der Waals surface area contributed by atoms with Crippen molar-refractivity contribution in [2.24, 2.45) is 5.92 Å². The van der Waals surface area contributed by atoms with Crippen LogP contribution in [0.15, 0.2) is 89.4 Å². The number of ether oxygens (including phenoxy) is 4. The van der Waals surface area contributed by atoms with Crippen molar-refractivity contribution >= 4 is 16.6 Å². The number of hydrogen-bond acceptors (Lipinski definition) is 7. The van der Waals surface area contributed by atoms with Crippen molar-refractivity contribution in [3.63, 3.8) is 0 Å². The highest BCUT2D eigenvalue weighted by Gasteiger charge is 2.25. The monoisotopic (exact) mass is 561 g/mol. The van der Waals surface area contributed by atoms with Gasteiger partial charge in [0.05, 0.1) is 30.9 Å². The Morgan fingerprint density at radius 3 is 2.71 bits per heavy atom. The van der Waals surface area contributed by atoms with Crippen LogP contribution in [0.3, 0.4) is 0 Å². The lowest BCUT2D eigenvalue weighted by molar-refractivity contribution is -0.0498. The molecule has 0 aliphatic carbocycles. The molecule has 6 rings (SSSR count). The highest BCUT2D eigenvalue weighted by Crippen LogP contribution is 2.32. The van der Waals surface area contributed by atoms with E-state index in [2.05, 4.69) is 14.6 Å². The first-order valence-electron chi connectivity index (χ1n) is 13.5. The number of fused-ring (bicyclic) bond motifs is 1. The van der Waals surface area contributed by atoms with Crippen molar-refractivity contribution in [3.05, 3.63) is 101 Å². The average molecular weight is 562 g/mol. The third-order valence-electron chi connectivity index (χ3n) is 7.15. The molecule has 0 bridgehead atoms. The molecule has 1 fully saturated rings. The molecule has 3 aromatic rings. The lowest BCUT2D eigenvalue weighted by atomic mass is 10.0. The van der Waals surface area contributed by atoms with Crippen molar-refractivity contribution in [3.8, 4) is 17.3 Å². The predicted octanol–water partition coefficient (Wildman–Crippen LogP) is 5.78. The second kappa shape index (κ2) is 11.6. The van der Waals surface area contributed by atoms with Gasteiger partial charge in [0.2, 0.25) is 5.88 Å². The molecule has 3 aliphatic rings. The zero-order chi connectivity index (χ0) is 28.3. The summed E-state index contributed by atoms with van der Waals surface area (Å²) in [7, 11) is 0. The van der Waals surface area contributed by atoms with E-state index in [-0.39, 0.29) is 11.3 Å². The molecule has 212 valence electrons. The van der Waals surface area contributed by atoms with Gasteiger partial charge < -0.3 is 23.8 Å². The van der Waals surface area contributed by atoms with Gasteiger partial charge in [0, 0.05) is 54.3 Å². The highest BCUT2D eigenvalue weighted by atomic mass is 19.3. The van der Waals surface area contributed by atoms with E-state index in [0.717, 1.165) is 36.6 Å². The first kappa shape index (κ1) is 26.8. The van der Waals surface area contributed by atoms with E-state index in [1.807, 2.05) is 43.5 Å². The fraction of sp³-hybridized carbons (Fsp3) is 0.290. The maximum atomic E-state index is 14.2.